The monoisotopic (exact) mass is 311 g/mol. The molecule has 0 saturated heterocycles. The molecule has 0 heterocycles. The fourth-order valence-corrected chi connectivity index (χ4v) is 1.71. The molecule has 0 spiro atoms. The first-order chi connectivity index (χ1) is 11.2. The third-order valence-electron chi connectivity index (χ3n) is 2.86. The minimum atomic E-state index is -0.502. The average Bonchev–Trinajstić information content (AvgIpc) is 2.59. The minimum Gasteiger partial charge on any atom is -0.490 e. The Hall–Kier alpha value is -3.13. The molecule has 0 aliphatic rings. The lowest BCUT2D eigenvalue weighted by Gasteiger charge is -2.06. The molecule has 0 radical (unpaired) electrons. The van der Waals surface area contributed by atoms with Crippen LogP contribution in [-0.2, 0) is 9.53 Å². The van der Waals surface area contributed by atoms with Crippen LogP contribution in [0.3, 0.4) is 0 Å². The van der Waals surface area contributed by atoms with Crippen molar-refractivity contribution in [1.29, 1.82) is 5.26 Å². The Balaban J connectivity index is 1.70. The third kappa shape index (κ3) is 5.64. The van der Waals surface area contributed by atoms with Crippen LogP contribution in [-0.4, -0.2) is 19.2 Å². The average molecular weight is 311 g/mol. The van der Waals surface area contributed by atoms with Crippen LogP contribution in [0.4, 0.5) is 4.39 Å². The van der Waals surface area contributed by atoms with Crippen LogP contribution < -0.4 is 4.74 Å². The van der Waals surface area contributed by atoms with Crippen molar-refractivity contribution in [3.05, 3.63) is 71.6 Å². The van der Waals surface area contributed by atoms with E-state index in [1.165, 1.54) is 18.2 Å². The third-order valence-corrected chi connectivity index (χ3v) is 2.86. The van der Waals surface area contributed by atoms with E-state index in [4.69, 9.17) is 14.7 Å². The van der Waals surface area contributed by atoms with Crippen LogP contribution in [0.1, 0.15) is 11.1 Å². The first kappa shape index (κ1) is 16.2. The van der Waals surface area contributed by atoms with Crippen molar-refractivity contribution in [2.45, 2.75) is 0 Å². The van der Waals surface area contributed by atoms with Gasteiger partial charge in [0.15, 0.2) is 0 Å². The number of nitrogens with zero attached hydrogens (tertiary/aromatic N) is 1. The summed E-state index contributed by atoms with van der Waals surface area (Å²) in [4.78, 5) is 11.5. The highest BCUT2D eigenvalue weighted by atomic mass is 19.1. The lowest BCUT2D eigenvalue weighted by molar-refractivity contribution is -0.138. The van der Waals surface area contributed by atoms with E-state index in [1.54, 1.807) is 42.5 Å². The molecular weight excluding hydrogens is 297 g/mol. The first-order valence-electron chi connectivity index (χ1n) is 6.91. The van der Waals surface area contributed by atoms with Gasteiger partial charge in [0.2, 0.25) is 0 Å². The highest BCUT2D eigenvalue weighted by molar-refractivity contribution is 5.87. The molecule has 0 aliphatic heterocycles. The molecule has 4 nitrogen and oxygen atoms in total. The van der Waals surface area contributed by atoms with E-state index in [-0.39, 0.29) is 19.0 Å². The second kappa shape index (κ2) is 8.35. The quantitative estimate of drug-likeness (QED) is 0.466. The summed E-state index contributed by atoms with van der Waals surface area (Å²) in [6.45, 7) is 0.314. The second-order valence-corrected chi connectivity index (χ2v) is 4.54. The predicted molar refractivity (Wildman–Crippen MR) is 83.0 cm³/mol. The lowest BCUT2D eigenvalue weighted by Crippen LogP contribution is -2.10. The molecule has 0 fully saturated rings. The van der Waals surface area contributed by atoms with Crippen molar-refractivity contribution in [2.24, 2.45) is 0 Å². The molecule has 0 amide bonds. The van der Waals surface area contributed by atoms with E-state index >= 15 is 0 Å². The zero-order valence-electron chi connectivity index (χ0n) is 12.2. The fraction of sp³-hybridized carbons (Fsp3) is 0.111. The number of benzene rings is 2. The molecule has 2 aromatic rings. The molecule has 2 aromatic carbocycles. The molecule has 0 aromatic heterocycles. The summed E-state index contributed by atoms with van der Waals surface area (Å²) < 4.78 is 23.1. The van der Waals surface area contributed by atoms with Crippen LogP contribution >= 0.6 is 0 Å². The Morgan fingerprint density at radius 1 is 1.09 bits per heavy atom. The van der Waals surface area contributed by atoms with Gasteiger partial charge in [-0.15, -0.1) is 0 Å². The van der Waals surface area contributed by atoms with Crippen molar-refractivity contribution in [3.63, 3.8) is 0 Å². The molecule has 0 N–H and O–H groups in total. The van der Waals surface area contributed by atoms with Crippen LogP contribution in [0, 0.1) is 17.1 Å². The standard InChI is InChI=1S/C18H14FNO3/c19-16-6-1-14(2-7-16)5-10-18(21)23-12-11-22-17-8-3-15(13-20)4-9-17/h1-10H,11-12H2/b10-5+. The Morgan fingerprint density at radius 3 is 2.43 bits per heavy atom. The van der Waals surface area contributed by atoms with Crippen molar-refractivity contribution in [1.82, 2.24) is 0 Å². The Kier molecular flexibility index (Phi) is 5.89. The van der Waals surface area contributed by atoms with Crippen molar-refractivity contribution >= 4 is 12.0 Å². The number of hydrogen-bond acceptors (Lipinski definition) is 4. The van der Waals surface area contributed by atoms with E-state index in [1.807, 2.05) is 6.07 Å². The molecule has 116 valence electrons. The number of rotatable bonds is 6. The highest BCUT2D eigenvalue weighted by Gasteiger charge is 1.99. The molecule has 0 aliphatic carbocycles. The first-order valence-corrected chi connectivity index (χ1v) is 6.91. The van der Waals surface area contributed by atoms with Crippen LogP contribution in [0.5, 0.6) is 5.75 Å². The summed E-state index contributed by atoms with van der Waals surface area (Å²) in [5.74, 6) is -0.232. The summed E-state index contributed by atoms with van der Waals surface area (Å²) in [7, 11) is 0. The zero-order valence-corrected chi connectivity index (χ0v) is 12.2. The van der Waals surface area contributed by atoms with E-state index in [0.29, 0.717) is 16.9 Å². The van der Waals surface area contributed by atoms with Crippen LogP contribution in [0.2, 0.25) is 0 Å². The number of esters is 1. The van der Waals surface area contributed by atoms with Gasteiger partial charge in [-0.05, 0) is 48.0 Å². The summed E-state index contributed by atoms with van der Waals surface area (Å²) in [5.41, 5.74) is 1.26. The summed E-state index contributed by atoms with van der Waals surface area (Å²) in [6.07, 6.45) is 2.82. The fourth-order valence-electron chi connectivity index (χ4n) is 1.71. The number of carbonyl (C=O) groups is 1. The van der Waals surface area contributed by atoms with E-state index < -0.39 is 5.97 Å². The van der Waals surface area contributed by atoms with Crippen molar-refractivity contribution in [2.75, 3.05) is 13.2 Å². The van der Waals surface area contributed by atoms with Gasteiger partial charge in [-0.1, -0.05) is 12.1 Å². The highest BCUT2D eigenvalue weighted by Crippen LogP contribution is 2.11. The maximum atomic E-state index is 12.7. The van der Waals surface area contributed by atoms with E-state index in [2.05, 4.69) is 0 Å². The van der Waals surface area contributed by atoms with E-state index in [9.17, 15) is 9.18 Å². The van der Waals surface area contributed by atoms with Crippen LogP contribution in [0.25, 0.3) is 6.08 Å². The second-order valence-electron chi connectivity index (χ2n) is 4.54. The molecule has 5 heteroatoms. The lowest BCUT2D eigenvalue weighted by atomic mass is 10.2. The molecule has 0 saturated carbocycles. The van der Waals surface area contributed by atoms with Gasteiger partial charge in [0.1, 0.15) is 24.8 Å². The van der Waals surface area contributed by atoms with E-state index in [0.717, 1.165) is 0 Å². The number of hydrogen-bond donors (Lipinski definition) is 0. The predicted octanol–water partition coefficient (Wildman–Crippen LogP) is 3.33. The Bertz CT molecular complexity index is 715. The van der Waals surface area contributed by atoms with Gasteiger partial charge in [-0.2, -0.15) is 5.26 Å². The number of nitriles is 1. The molecule has 0 unspecified atom stereocenters. The number of ether oxygens (including phenoxy) is 2. The summed E-state index contributed by atoms with van der Waals surface area (Å²) >= 11 is 0. The number of carbonyl (C=O) groups excluding carboxylic acids is 1. The van der Waals surface area contributed by atoms with Gasteiger partial charge in [0.25, 0.3) is 0 Å². The van der Waals surface area contributed by atoms with Crippen molar-refractivity contribution < 1.29 is 18.7 Å². The van der Waals surface area contributed by atoms with Crippen LogP contribution in [0.15, 0.2) is 54.6 Å². The van der Waals surface area contributed by atoms with Gasteiger partial charge in [-0.25, -0.2) is 9.18 Å². The molecule has 2 rings (SSSR count). The summed E-state index contributed by atoms with van der Waals surface area (Å²) in [6, 6.07) is 14.4. The minimum absolute atomic E-state index is 0.104. The topological polar surface area (TPSA) is 59.3 Å². The number of halogens is 1. The van der Waals surface area contributed by atoms with Gasteiger partial charge < -0.3 is 9.47 Å². The summed E-state index contributed by atoms with van der Waals surface area (Å²) in [5, 5.41) is 8.68. The maximum Gasteiger partial charge on any atom is 0.330 e. The van der Waals surface area contributed by atoms with Crippen molar-refractivity contribution in [3.8, 4) is 11.8 Å². The van der Waals surface area contributed by atoms with Gasteiger partial charge in [0, 0.05) is 6.08 Å². The largest absolute Gasteiger partial charge is 0.490 e. The Labute approximate surface area is 133 Å². The molecule has 0 bridgehead atoms. The smallest absolute Gasteiger partial charge is 0.330 e. The van der Waals surface area contributed by atoms with Gasteiger partial charge in [-0.3, -0.25) is 0 Å². The molecule has 0 atom stereocenters. The maximum absolute atomic E-state index is 12.7. The Morgan fingerprint density at radius 2 is 1.78 bits per heavy atom. The normalized spacial score (nSPS) is 10.3. The van der Waals surface area contributed by atoms with Gasteiger partial charge in [0.05, 0.1) is 11.6 Å². The SMILES string of the molecule is N#Cc1ccc(OCCOC(=O)/C=C/c2ccc(F)cc2)cc1. The van der Waals surface area contributed by atoms with Gasteiger partial charge >= 0.3 is 5.97 Å². The molecule has 23 heavy (non-hydrogen) atoms. The molecular formula is C18H14FNO3. The zero-order chi connectivity index (χ0) is 16.5.